The standard InChI is InChI=1S/C21H28N6S/c1-4-22-21(25-13-16(2)12-19-6-5-11-28-19)26-15-18-7-8-20(24-14-18)27-10-9-23-17(27)3/h5-11,14,16H,4,12-13,15H2,1-3H3,(H2,22,25,26). The molecule has 0 saturated carbocycles. The van der Waals surface area contributed by atoms with Crippen molar-refractivity contribution >= 4 is 17.3 Å². The third kappa shape index (κ3) is 5.66. The number of nitrogens with one attached hydrogen (secondary N) is 2. The van der Waals surface area contributed by atoms with Crippen molar-refractivity contribution in [1.82, 2.24) is 25.2 Å². The Morgan fingerprint density at radius 1 is 1.25 bits per heavy atom. The van der Waals surface area contributed by atoms with Gasteiger partial charge < -0.3 is 10.6 Å². The molecule has 0 aromatic carbocycles. The van der Waals surface area contributed by atoms with Crippen molar-refractivity contribution in [1.29, 1.82) is 0 Å². The van der Waals surface area contributed by atoms with Gasteiger partial charge in [-0.15, -0.1) is 11.3 Å². The number of aliphatic imine (C=N–C) groups is 1. The Hall–Kier alpha value is -2.67. The minimum Gasteiger partial charge on any atom is -0.357 e. The second kappa shape index (κ2) is 10.0. The van der Waals surface area contributed by atoms with Crippen LogP contribution in [0.25, 0.3) is 5.82 Å². The number of aryl methyl sites for hydroxylation is 1. The number of aromatic nitrogens is 3. The lowest BCUT2D eigenvalue weighted by Crippen LogP contribution is -2.39. The monoisotopic (exact) mass is 396 g/mol. The maximum atomic E-state index is 4.70. The minimum absolute atomic E-state index is 0.543. The largest absolute Gasteiger partial charge is 0.357 e. The van der Waals surface area contributed by atoms with E-state index in [1.807, 2.05) is 41.3 Å². The molecule has 0 spiro atoms. The Morgan fingerprint density at radius 3 is 2.79 bits per heavy atom. The molecule has 2 N–H and O–H groups in total. The fourth-order valence-corrected chi connectivity index (χ4v) is 3.77. The highest BCUT2D eigenvalue weighted by molar-refractivity contribution is 7.09. The zero-order valence-electron chi connectivity index (χ0n) is 16.7. The van der Waals surface area contributed by atoms with Crippen molar-refractivity contribution in [2.24, 2.45) is 10.9 Å². The number of thiophene rings is 1. The number of hydrogen-bond donors (Lipinski definition) is 2. The summed E-state index contributed by atoms with van der Waals surface area (Å²) in [5, 5.41) is 8.91. The van der Waals surface area contributed by atoms with E-state index in [-0.39, 0.29) is 0 Å². The van der Waals surface area contributed by atoms with E-state index >= 15 is 0 Å². The van der Waals surface area contributed by atoms with E-state index in [9.17, 15) is 0 Å². The average Bonchev–Trinajstić information content (AvgIpc) is 3.36. The summed E-state index contributed by atoms with van der Waals surface area (Å²) in [7, 11) is 0. The van der Waals surface area contributed by atoms with Gasteiger partial charge >= 0.3 is 0 Å². The summed E-state index contributed by atoms with van der Waals surface area (Å²) in [6, 6.07) is 8.37. The van der Waals surface area contributed by atoms with Crippen molar-refractivity contribution in [2.75, 3.05) is 13.1 Å². The molecular weight excluding hydrogens is 368 g/mol. The van der Waals surface area contributed by atoms with Crippen LogP contribution in [-0.4, -0.2) is 33.6 Å². The number of guanidine groups is 1. The highest BCUT2D eigenvalue weighted by atomic mass is 32.1. The molecule has 28 heavy (non-hydrogen) atoms. The fourth-order valence-electron chi connectivity index (χ4n) is 2.90. The second-order valence-corrected chi connectivity index (χ2v) is 7.87. The summed E-state index contributed by atoms with van der Waals surface area (Å²) in [5.74, 6) is 3.18. The molecule has 3 rings (SSSR count). The summed E-state index contributed by atoms with van der Waals surface area (Å²) in [4.78, 5) is 14.9. The maximum Gasteiger partial charge on any atom is 0.191 e. The Bertz CT molecular complexity index is 867. The third-order valence-corrected chi connectivity index (χ3v) is 5.29. The molecule has 7 heteroatoms. The quantitative estimate of drug-likeness (QED) is 0.451. The van der Waals surface area contributed by atoms with Crippen LogP contribution in [0.15, 0.2) is 53.2 Å². The highest BCUT2D eigenvalue weighted by Crippen LogP contribution is 2.14. The van der Waals surface area contributed by atoms with E-state index in [2.05, 4.69) is 58.0 Å². The van der Waals surface area contributed by atoms with Crippen LogP contribution in [0.5, 0.6) is 0 Å². The van der Waals surface area contributed by atoms with Crippen LogP contribution in [0, 0.1) is 12.8 Å². The van der Waals surface area contributed by atoms with E-state index in [1.54, 1.807) is 6.20 Å². The van der Waals surface area contributed by atoms with E-state index in [0.29, 0.717) is 12.5 Å². The van der Waals surface area contributed by atoms with Gasteiger partial charge in [0, 0.05) is 36.6 Å². The Morgan fingerprint density at radius 2 is 2.14 bits per heavy atom. The van der Waals surface area contributed by atoms with Gasteiger partial charge in [-0.2, -0.15) is 0 Å². The van der Waals surface area contributed by atoms with Crippen LogP contribution < -0.4 is 10.6 Å². The number of imidazole rings is 1. The van der Waals surface area contributed by atoms with Crippen LogP contribution in [0.3, 0.4) is 0 Å². The molecule has 0 bridgehead atoms. The van der Waals surface area contributed by atoms with Gasteiger partial charge in [0.05, 0.1) is 6.54 Å². The van der Waals surface area contributed by atoms with Gasteiger partial charge in [-0.1, -0.05) is 19.1 Å². The van der Waals surface area contributed by atoms with Gasteiger partial charge in [-0.05, 0) is 49.3 Å². The summed E-state index contributed by atoms with van der Waals surface area (Å²) in [6.07, 6.45) is 6.66. The first kappa shape index (κ1) is 20.1. The van der Waals surface area contributed by atoms with Gasteiger partial charge in [0.2, 0.25) is 0 Å². The summed E-state index contributed by atoms with van der Waals surface area (Å²) >= 11 is 1.82. The van der Waals surface area contributed by atoms with Crippen molar-refractivity contribution in [3.63, 3.8) is 0 Å². The molecule has 3 aromatic rings. The lowest BCUT2D eigenvalue weighted by atomic mass is 10.1. The molecule has 1 unspecified atom stereocenters. The van der Waals surface area contributed by atoms with Gasteiger partial charge in [0.25, 0.3) is 0 Å². The first-order valence-corrected chi connectivity index (χ1v) is 10.5. The average molecular weight is 397 g/mol. The van der Waals surface area contributed by atoms with Gasteiger partial charge in [-0.3, -0.25) is 4.57 Å². The van der Waals surface area contributed by atoms with Crippen molar-refractivity contribution in [2.45, 2.75) is 33.7 Å². The van der Waals surface area contributed by atoms with E-state index in [0.717, 1.165) is 42.7 Å². The molecule has 0 amide bonds. The van der Waals surface area contributed by atoms with Crippen LogP contribution in [0.1, 0.15) is 30.1 Å². The summed E-state index contributed by atoms with van der Waals surface area (Å²) in [5.41, 5.74) is 1.07. The molecule has 6 nitrogen and oxygen atoms in total. The van der Waals surface area contributed by atoms with Crippen LogP contribution in [0.2, 0.25) is 0 Å². The number of rotatable bonds is 8. The molecule has 1 atom stereocenters. The normalized spacial score (nSPS) is 12.8. The van der Waals surface area contributed by atoms with Gasteiger partial charge in [-0.25, -0.2) is 15.0 Å². The molecule has 3 heterocycles. The lowest BCUT2D eigenvalue weighted by Gasteiger charge is -2.15. The van der Waals surface area contributed by atoms with Crippen LogP contribution in [-0.2, 0) is 13.0 Å². The molecule has 0 fully saturated rings. The van der Waals surface area contributed by atoms with Crippen LogP contribution >= 0.6 is 11.3 Å². The SMILES string of the molecule is CCNC(=NCc1ccc(-n2ccnc2C)nc1)NCC(C)Cc1cccs1. The highest BCUT2D eigenvalue weighted by Gasteiger charge is 2.06. The minimum atomic E-state index is 0.543. The second-order valence-electron chi connectivity index (χ2n) is 6.83. The molecule has 148 valence electrons. The van der Waals surface area contributed by atoms with E-state index in [4.69, 9.17) is 4.99 Å². The molecule has 0 saturated heterocycles. The summed E-state index contributed by atoms with van der Waals surface area (Å²) < 4.78 is 1.97. The first-order valence-electron chi connectivity index (χ1n) is 9.65. The Kier molecular flexibility index (Phi) is 7.19. The number of nitrogens with zero attached hydrogens (tertiary/aromatic N) is 4. The molecule has 0 aliphatic rings. The number of pyridine rings is 1. The Labute approximate surface area is 170 Å². The third-order valence-electron chi connectivity index (χ3n) is 4.39. The number of hydrogen-bond acceptors (Lipinski definition) is 4. The van der Waals surface area contributed by atoms with Crippen LogP contribution in [0.4, 0.5) is 0 Å². The van der Waals surface area contributed by atoms with Gasteiger partial charge in [0.15, 0.2) is 5.96 Å². The Balaban J connectivity index is 1.55. The topological polar surface area (TPSA) is 67.1 Å². The zero-order chi connectivity index (χ0) is 19.8. The smallest absolute Gasteiger partial charge is 0.191 e. The molecular formula is C21H28N6S. The maximum absolute atomic E-state index is 4.70. The predicted octanol–water partition coefficient (Wildman–Crippen LogP) is 3.57. The van der Waals surface area contributed by atoms with Gasteiger partial charge in [0.1, 0.15) is 11.6 Å². The predicted molar refractivity (Wildman–Crippen MR) is 116 cm³/mol. The van der Waals surface area contributed by atoms with E-state index in [1.165, 1.54) is 4.88 Å². The molecule has 0 aliphatic carbocycles. The fraction of sp³-hybridized carbons (Fsp3) is 0.381. The van der Waals surface area contributed by atoms with Crippen molar-refractivity contribution in [3.05, 3.63) is 64.5 Å². The molecule has 0 radical (unpaired) electrons. The summed E-state index contributed by atoms with van der Waals surface area (Å²) in [6.45, 7) is 8.62. The first-order chi connectivity index (χ1) is 13.7. The molecule has 0 aliphatic heterocycles. The molecule has 3 aromatic heterocycles. The lowest BCUT2D eigenvalue weighted by molar-refractivity contribution is 0.562. The zero-order valence-corrected chi connectivity index (χ0v) is 17.5. The van der Waals surface area contributed by atoms with Crippen molar-refractivity contribution < 1.29 is 0 Å². The van der Waals surface area contributed by atoms with E-state index < -0.39 is 0 Å². The van der Waals surface area contributed by atoms with Crippen molar-refractivity contribution in [3.8, 4) is 5.82 Å².